The summed E-state index contributed by atoms with van der Waals surface area (Å²) in [6.07, 6.45) is -2.33. The van der Waals surface area contributed by atoms with Crippen molar-refractivity contribution in [3.8, 4) is 0 Å². The van der Waals surface area contributed by atoms with E-state index < -0.39 is 6.16 Å². The SMILES string of the molecule is O=C([O-])[O-].[Cl-].[Na+].[Na+]. The fraction of sp³-hybridized carbons (Fsp3) is 0. The van der Waals surface area contributed by atoms with Crippen molar-refractivity contribution in [1.29, 1.82) is 0 Å². The van der Waals surface area contributed by atoms with E-state index in [4.69, 9.17) is 15.0 Å². The normalized spacial score (nSPS) is 3.43. The molecule has 0 unspecified atom stereocenters. The molecule has 0 spiro atoms. The minimum absolute atomic E-state index is 0. The molecule has 6 heteroatoms. The molecule has 0 radical (unpaired) electrons. The second-order valence-electron chi connectivity index (χ2n) is 0.250. The summed E-state index contributed by atoms with van der Waals surface area (Å²) in [5.41, 5.74) is 0. The Hall–Kier alpha value is 1.56. The van der Waals surface area contributed by atoms with Crippen molar-refractivity contribution in [1.82, 2.24) is 0 Å². The van der Waals surface area contributed by atoms with E-state index in [0.717, 1.165) is 0 Å². The van der Waals surface area contributed by atoms with E-state index in [9.17, 15) is 0 Å². The molecule has 0 amide bonds. The first kappa shape index (κ1) is 23.5. The Bertz CT molecular complexity index is 35.9. The Morgan fingerprint density at radius 1 is 1.14 bits per heavy atom. The van der Waals surface area contributed by atoms with Gasteiger partial charge in [-0.25, -0.2) is 0 Å². The van der Waals surface area contributed by atoms with Gasteiger partial charge in [0.2, 0.25) is 0 Å². The summed E-state index contributed by atoms with van der Waals surface area (Å²) in [6.45, 7) is 0. The molecule has 0 saturated heterocycles. The van der Waals surface area contributed by atoms with E-state index in [1.807, 2.05) is 0 Å². The molecule has 0 N–H and O–H groups in total. The molecule has 0 bridgehead atoms. The van der Waals surface area contributed by atoms with Crippen LogP contribution < -0.4 is 81.7 Å². The van der Waals surface area contributed by atoms with E-state index in [-0.39, 0.29) is 71.5 Å². The zero-order chi connectivity index (χ0) is 3.58. The van der Waals surface area contributed by atoms with E-state index in [1.165, 1.54) is 0 Å². The summed E-state index contributed by atoms with van der Waals surface area (Å²) in [7, 11) is 0. The van der Waals surface area contributed by atoms with Crippen LogP contribution in [0, 0.1) is 0 Å². The second kappa shape index (κ2) is 15.6. The van der Waals surface area contributed by atoms with Gasteiger partial charge in [0.25, 0.3) is 0 Å². The van der Waals surface area contributed by atoms with Crippen molar-refractivity contribution in [2.24, 2.45) is 0 Å². The number of carboxylic acid groups (broad SMARTS) is 2. The van der Waals surface area contributed by atoms with Gasteiger partial charge in [0.05, 0.1) is 0 Å². The first-order valence-electron chi connectivity index (χ1n) is 0.612. The van der Waals surface area contributed by atoms with Crippen LogP contribution in [-0.2, 0) is 0 Å². The Morgan fingerprint density at radius 3 is 1.14 bits per heavy atom. The number of hydrogen-bond donors (Lipinski definition) is 0. The largest absolute Gasteiger partial charge is 1.00 e. The van der Waals surface area contributed by atoms with Gasteiger partial charge in [-0.2, -0.15) is 0 Å². The number of rotatable bonds is 0. The molecule has 0 aromatic carbocycles. The van der Waals surface area contributed by atoms with Crippen molar-refractivity contribution in [2.45, 2.75) is 0 Å². The number of carbonyl (C=O) groups excluding carboxylic acids is 1. The minimum atomic E-state index is -2.33. The molecule has 0 aromatic heterocycles. The van der Waals surface area contributed by atoms with Gasteiger partial charge in [-0.1, -0.05) is 0 Å². The zero-order valence-electron chi connectivity index (χ0n) is 4.10. The maximum Gasteiger partial charge on any atom is 1.00 e. The first-order valence-corrected chi connectivity index (χ1v) is 0.612. The van der Waals surface area contributed by atoms with Crippen molar-refractivity contribution >= 4 is 6.16 Å². The molecular formula is CClNa2O3-. The standard InChI is InChI=1S/CH2O3.ClH.2Na/c2-1(3)4;;;/h(H2,2,3,4);1H;;/q;;2*+1/p-3. The molecule has 0 aliphatic carbocycles. The summed E-state index contributed by atoms with van der Waals surface area (Å²) >= 11 is 0. The predicted molar refractivity (Wildman–Crippen MR) is 5.40 cm³/mol. The van der Waals surface area contributed by atoms with Crippen LogP contribution in [0.5, 0.6) is 0 Å². The fourth-order valence-corrected chi connectivity index (χ4v) is 0. The zero-order valence-corrected chi connectivity index (χ0v) is 8.86. The van der Waals surface area contributed by atoms with Gasteiger partial charge in [-0.3, -0.25) is 0 Å². The van der Waals surface area contributed by atoms with Crippen LogP contribution in [0.2, 0.25) is 0 Å². The molecule has 0 aromatic rings. The van der Waals surface area contributed by atoms with Crippen LogP contribution in [-0.4, -0.2) is 6.16 Å². The number of hydrogen-bond acceptors (Lipinski definition) is 3. The molecule has 3 nitrogen and oxygen atoms in total. The Balaban J connectivity index is -0.0000000150. The Morgan fingerprint density at radius 2 is 1.14 bits per heavy atom. The van der Waals surface area contributed by atoms with Gasteiger partial charge in [0, 0.05) is 0 Å². The Labute approximate surface area is 91.5 Å². The fourth-order valence-electron chi connectivity index (χ4n) is 0. The topological polar surface area (TPSA) is 63.2 Å². The van der Waals surface area contributed by atoms with Crippen LogP contribution in [0.15, 0.2) is 0 Å². The van der Waals surface area contributed by atoms with Crippen LogP contribution >= 0.6 is 0 Å². The molecule has 0 heterocycles. The average Bonchev–Trinajstić information content (AvgIpc) is 0.811. The summed E-state index contributed by atoms with van der Waals surface area (Å²) in [4.78, 5) is 8.33. The molecule has 0 aliphatic rings. The summed E-state index contributed by atoms with van der Waals surface area (Å²) < 4.78 is 0. The number of carbonyl (C=O) groups is 1. The van der Waals surface area contributed by atoms with Gasteiger partial charge in [0.15, 0.2) is 0 Å². The third kappa shape index (κ3) is 96.0. The smallest absolute Gasteiger partial charge is 1.00 e. The molecular weight excluding hydrogens is 141 g/mol. The van der Waals surface area contributed by atoms with Gasteiger partial charge in [0.1, 0.15) is 0 Å². The van der Waals surface area contributed by atoms with E-state index >= 15 is 0 Å². The third-order valence-corrected chi connectivity index (χ3v) is 0. The van der Waals surface area contributed by atoms with Crippen LogP contribution in [0.4, 0.5) is 4.79 Å². The van der Waals surface area contributed by atoms with Gasteiger partial charge in [-0.15, -0.1) is 0 Å². The summed E-state index contributed by atoms with van der Waals surface area (Å²) in [5, 5.41) is 16.7. The van der Waals surface area contributed by atoms with Crippen molar-refractivity contribution in [3.63, 3.8) is 0 Å². The molecule has 0 rings (SSSR count). The maximum absolute atomic E-state index is 8.33. The van der Waals surface area contributed by atoms with Crippen LogP contribution in [0.3, 0.4) is 0 Å². The van der Waals surface area contributed by atoms with Gasteiger partial charge in [-0.05, 0) is 6.16 Å². The van der Waals surface area contributed by atoms with Crippen molar-refractivity contribution in [3.05, 3.63) is 0 Å². The first-order chi connectivity index (χ1) is 1.73. The van der Waals surface area contributed by atoms with Crippen LogP contribution in [0.1, 0.15) is 0 Å². The van der Waals surface area contributed by atoms with E-state index in [2.05, 4.69) is 0 Å². The van der Waals surface area contributed by atoms with E-state index in [1.54, 1.807) is 0 Å². The minimum Gasteiger partial charge on any atom is -1.00 e. The molecule has 0 fully saturated rings. The van der Waals surface area contributed by atoms with Crippen molar-refractivity contribution < 1.29 is 86.5 Å². The molecule has 0 saturated carbocycles. The third-order valence-electron chi connectivity index (χ3n) is 0. The second-order valence-corrected chi connectivity index (χ2v) is 0.250. The average molecular weight is 141 g/mol. The van der Waals surface area contributed by atoms with Gasteiger partial charge >= 0.3 is 59.1 Å². The molecule has 7 heavy (non-hydrogen) atoms. The van der Waals surface area contributed by atoms with E-state index in [0.29, 0.717) is 0 Å². The van der Waals surface area contributed by atoms with Gasteiger partial charge < -0.3 is 27.4 Å². The van der Waals surface area contributed by atoms with Crippen LogP contribution in [0.25, 0.3) is 0 Å². The predicted octanol–water partition coefficient (Wildman–Crippen LogP) is -11.4. The summed E-state index contributed by atoms with van der Waals surface area (Å²) in [6, 6.07) is 0. The summed E-state index contributed by atoms with van der Waals surface area (Å²) in [5.74, 6) is 0. The number of halogens is 1. The molecule has 0 atom stereocenters. The monoisotopic (exact) mass is 141 g/mol. The quantitative estimate of drug-likeness (QED) is 0.315. The molecule has 32 valence electrons. The maximum atomic E-state index is 8.33. The Kier molecular flexibility index (Phi) is 52.6. The van der Waals surface area contributed by atoms with Crippen molar-refractivity contribution in [2.75, 3.05) is 0 Å². The molecule has 0 aliphatic heterocycles.